The summed E-state index contributed by atoms with van der Waals surface area (Å²) in [6.45, 7) is 8.55. The van der Waals surface area contributed by atoms with Gasteiger partial charge in [-0.3, -0.25) is 9.59 Å². The molecule has 2 saturated heterocycles. The molecule has 25 heavy (non-hydrogen) atoms. The van der Waals surface area contributed by atoms with Crippen molar-refractivity contribution in [2.24, 2.45) is 11.7 Å². The number of hydrogen-bond acceptors (Lipinski definition) is 4. The molecule has 0 bridgehead atoms. The van der Waals surface area contributed by atoms with Gasteiger partial charge >= 0.3 is 6.03 Å². The van der Waals surface area contributed by atoms with Crippen LogP contribution in [0.2, 0.25) is 6.04 Å². The minimum atomic E-state index is -1.92. The summed E-state index contributed by atoms with van der Waals surface area (Å²) in [7, 11) is 1.74. The molecule has 0 aromatic heterocycles. The van der Waals surface area contributed by atoms with Crippen molar-refractivity contribution >= 4 is 26.1 Å². The number of likely N-dealkylation sites (N-methyl/N-ethyl adjacent to an activating group) is 1. The summed E-state index contributed by atoms with van der Waals surface area (Å²) in [5.41, 5.74) is 5.48. The van der Waals surface area contributed by atoms with Crippen LogP contribution in [0.5, 0.6) is 0 Å². The Morgan fingerprint density at radius 2 is 1.84 bits per heavy atom. The quantitative estimate of drug-likeness (QED) is 0.551. The maximum absolute atomic E-state index is 12.9. The number of urea groups is 1. The van der Waals surface area contributed by atoms with Gasteiger partial charge in [0, 0.05) is 25.9 Å². The third-order valence-electron chi connectivity index (χ3n) is 5.41. The Hall–Kier alpha value is -1.87. The molecule has 4 amide bonds. The Morgan fingerprint density at radius 1 is 1.24 bits per heavy atom. The van der Waals surface area contributed by atoms with Gasteiger partial charge in [0.05, 0.1) is 6.67 Å². The molecule has 0 unspecified atom stereocenters. The van der Waals surface area contributed by atoms with E-state index < -0.39 is 20.2 Å². The molecule has 2 aliphatic heterocycles. The Morgan fingerprint density at radius 3 is 2.36 bits per heavy atom. The summed E-state index contributed by atoms with van der Waals surface area (Å²) in [5.74, 6) is -0.598. The predicted molar refractivity (Wildman–Crippen MR) is 97.7 cm³/mol. The van der Waals surface area contributed by atoms with Gasteiger partial charge in [0.2, 0.25) is 11.8 Å². The van der Waals surface area contributed by atoms with Crippen molar-refractivity contribution in [2.45, 2.75) is 25.9 Å². The van der Waals surface area contributed by atoms with E-state index in [1.807, 2.05) is 25.8 Å². The van der Waals surface area contributed by atoms with E-state index in [2.05, 4.69) is 11.1 Å². The predicted octanol–water partition coefficient (Wildman–Crippen LogP) is -0.195. The SMILES string of the molecule is C=CC(=O)N1CN(C)[Si@@]2(CCN(C(=O)N(C)[C@H](C(N)=O)C(C)C)C2)C1. The zero-order valence-electron chi connectivity index (χ0n) is 15.6. The van der Waals surface area contributed by atoms with Crippen molar-refractivity contribution in [3.63, 3.8) is 0 Å². The molecule has 1 spiro atoms. The molecule has 2 heterocycles. The molecule has 0 radical (unpaired) electrons. The normalized spacial score (nSPS) is 24.8. The van der Waals surface area contributed by atoms with Gasteiger partial charge in [-0.15, -0.1) is 0 Å². The van der Waals surface area contributed by atoms with Crippen LogP contribution in [0.4, 0.5) is 4.79 Å². The zero-order valence-corrected chi connectivity index (χ0v) is 16.6. The topological polar surface area (TPSA) is 90.2 Å². The average molecular weight is 368 g/mol. The molecular formula is C16H29N5O3Si. The molecule has 2 fully saturated rings. The number of amides is 4. The van der Waals surface area contributed by atoms with Crippen molar-refractivity contribution in [2.75, 3.05) is 39.6 Å². The van der Waals surface area contributed by atoms with Gasteiger partial charge in [-0.2, -0.15) is 0 Å². The second-order valence-electron chi connectivity index (χ2n) is 7.46. The molecule has 8 nitrogen and oxygen atoms in total. The number of carbonyl (C=O) groups is 3. The second kappa shape index (κ2) is 7.16. The van der Waals surface area contributed by atoms with Gasteiger partial charge < -0.3 is 25.0 Å². The molecule has 2 atom stereocenters. The van der Waals surface area contributed by atoms with E-state index in [9.17, 15) is 14.4 Å². The van der Waals surface area contributed by atoms with Crippen molar-refractivity contribution < 1.29 is 14.4 Å². The first-order valence-corrected chi connectivity index (χ1v) is 11.1. The fraction of sp³-hybridized carbons (Fsp3) is 0.688. The van der Waals surface area contributed by atoms with Gasteiger partial charge in [0.1, 0.15) is 6.04 Å². The lowest BCUT2D eigenvalue weighted by Gasteiger charge is -2.33. The number of rotatable bonds is 4. The zero-order chi connectivity index (χ0) is 18.9. The van der Waals surface area contributed by atoms with Crippen LogP contribution < -0.4 is 5.73 Å². The van der Waals surface area contributed by atoms with Crippen LogP contribution in [0.25, 0.3) is 0 Å². The van der Waals surface area contributed by atoms with Crippen LogP contribution in [0.1, 0.15) is 13.8 Å². The Kier molecular flexibility index (Phi) is 5.57. The summed E-state index contributed by atoms with van der Waals surface area (Å²) in [6.07, 6.45) is 2.72. The monoisotopic (exact) mass is 367 g/mol. The minimum absolute atomic E-state index is 0.0462. The van der Waals surface area contributed by atoms with E-state index in [1.54, 1.807) is 11.9 Å². The van der Waals surface area contributed by atoms with Crippen LogP contribution in [-0.2, 0) is 9.59 Å². The highest BCUT2D eigenvalue weighted by molar-refractivity contribution is 6.79. The average Bonchev–Trinajstić information content (AvgIpc) is 3.10. The highest BCUT2D eigenvalue weighted by atomic mass is 28.3. The lowest BCUT2D eigenvalue weighted by atomic mass is 10.0. The number of nitrogens with zero attached hydrogens (tertiary/aromatic N) is 4. The Balaban J connectivity index is 2.09. The smallest absolute Gasteiger partial charge is 0.320 e. The minimum Gasteiger partial charge on any atom is -0.368 e. The Bertz CT molecular complexity index is 584. The van der Waals surface area contributed by atoms with Gasteiger partial charge in [-0.25, -0.2) is 4.79 Å². The summed E-state index contributed by atoms with van der Waals surface area (Å²) >= 11 is 0. The van der Waals surface area contributed by atoms with Crippen LogP contribution in [0.15, 0.2) is 12.7 Å². The van der Waals surface area contributed by atoms with Crippen LogP contribution >= 0.6 is 0 Å². The maximum atomic E-state index is 12.9. The maximum Gasteiger partial charge on any atom is 0.320 e. The largest absolute Gasteiger partial charge is 0.368 e. The first kappa shape index (κ1) is 19.5. The molecule has 0 saturated carbocycles. The molecule has 2 rings (SSSR count). The summed E-state index contributed by atoms with van der Waals surface area (Å²) < 4.78 is 2.26. The highest BCUT2D eigenvalue weighted by Gasteiger charge is 2.52. The lowest BCUT2D eigenvalue weighted by molar-refractivity contribution is -0.125. The molecule has 0 aromatic carbocycles. The van der Waals surface area contributed by atoms with Gasteiger partial charge in [0.15, 0.2) is 8.24 Å². The molecule has 9 heteroatoms. The number of primary amides is 1. The number of nitrogens with two attached hydrogens (primary N) is 1. The van der Waals surface area contributed by atoms with Crippen LogP contribution in [-0.4, -0.2) is 91.0 Å². The molecule has 0 aliphatic carbocycles. The fourth-order valence-corrected chi connectivity index (χ4v) is 8.39. The van der Waals surface area contributed by atoms with Crippen molar-refractivity contribution in [3.8, 4) is 0 Å². The summed E-state index contributed by atoms with van der Waals surface area (Å²) in [6, 6.07) is 0.141. The van der Waals surface area contributed by atoms with E-state index >= 15 is 0 Å². The van der Waals surface area contributed by atoms with Crippen molar-refractivity contribution in [1.82, 2.24) is 19.3 Å². The first-order valence-electron chi connectivity index (χ1n) is 8.56. The van der Waals surface area contributed by atoms with Crippen molar-refractivity contribution in [1.29, 1.82) is 0 Å². The number of hydrogen-bond donors (Lipinski definition) is 1. The lowest BCUT2D eigenvalue weighted by Crippen LogP contribution is -2.56. The van der Waals surface area contributed by atoms with E-state index in [0.29, 0.717) is 25.5 Å². The third kappa shape index (κ3) is 3.57. The van der Waals surface area contributed by atoms with E-state index in [4.69, 9.17) is 5.73 Å². The van der Waals surface area contributed by atoms with Crippen LogP contribution in [0.3, 0.4) is 0 Å². The summed E-state index contributed by atoms with van der Waals surface area (Å²) in [5, 5.41) is 0. The molecular weight excluding hydrogens is 338 g/mol. The van der Waals surface area contributed by atoms with E-state index in [0.717, 1.165) is 6.04 Å². The Labute approximate surface area is 150 Å². The first-order chi connectivity index (χ1) is 11.6. The second-order valence-corrected chi connectivity index (χ2v) is 11.8. The van der Waals surface area contributed by atoms with E-state index in [-0.39, 0.29) is 17.9 Å². The molecule has 0 aromatic rings. The molecule has 2 N–H and O–H groups in total. The third-order valence-corrected chi connectivity index (χ3v) is 10.3. The molecule has 140 valence electrons. The standard InChI is InChI=1S/C16H29N5O3Si/c1-6-13(22)21-9-18(4)25(11-21)8-7-20(10-25)16(24)19(5)14(12(2)3)15(17)23/h6,12,14H,1,7-11H2,2-5H3,(H2,17,23)/t14-,25+/m0/s1. The van der Waals surface area contributed by atoms with E-state index in [1.165, 1.54) is 11.0 Å². The van der Waals surface area contributed by atoms with Gasteiger partial charge in [0.25, 0.3) is 0 Å². The van der Waals surface area contributed by atoms with Gasteiger partial charge in [-0.05, 0) is 25.1 Å². The fourth-order valence-electron chi connectivity index (χ4n) is 3.98. The molecule has 2 aliphatic rings. The number of carbonyl (C=O) groups excluding carboxylic acids is 3. The van der Waals surface area contributed by atoms with Crippen molar-refractivity contribution in [3.05, 3.63) is 12.7 Å². The van der Waals surface area contributed by atoms with Crippen LogP contribution in [0, 0.1) is 5.92 Å². The van der Waals surface area contributed by atoms with Gasteiger partial charge in [-0.1, -0.05) is 20.4 Å². The highest BCUT2D eigenvalue weighted by Crippen LogP contribution is 2.30. The summed E-state index contributed by atoms with van der Waals surface area (Å²) in [4.78, 5) is 41.6.